The minimum Gasteiger partial charge on any atom is -0.396 e. The van der Waals surface area contributed by atoms with E-state index in [0.29, 0.717) is 32.1 Å². The summed E-state index contributed by atoms with van der Waals surface area (Å²) in [6.45, 7) is 11.6. The maximum atomic E-state index is 12.5. The zero-order valence-electron chi connectivity index (χ0n) is 34.4. The lowest BCUT2D eigenvalue weighted by Gasteiger charge is -2.73. The Balaban J connectivity index is 1.15. The third-order valence-electron chi connectivity index (χ3n) is 17.6. The molecule has 0 aromatic heterocycles. The second-order valence-corrected chi connectivity index (χ2v) is 20.8. The lowest BCUT2D eigenvalue weighted by Crippen LogP contribution is -2.70. The van der Waals surface area contributed by atoms with E-state index in [-0.39, 0.29) is 25.0 Å². The van der Waals surface area contributed by atoms with E-state index in [9.17, 15) is 56.2 Å². The van der Waals surface area contributed by atoms with Gasteiger partial charge in [-0.3, -0.25) is 0 Å². The smallest absolute Gasteiger partial charge is 0.186 e. The highest BCUT2D eigenvalue weighted by atomic mass is 16.7. The van der Waals surface area contributed by atoms with Gasteiger partial charge in [0.25, 0.3) is 0 Å². The Bertz CT molecular complexity index is 1500. The molecule has 2 heterocycles. The van der Waals surface area contributed by atoms with Crippen LogP contribution >= 0.6 is 0 Å². The molecule has 22 atom stereocenters. The lowest BCUT2D eigenvalue weighted by atomic mass is 9.33. The average Bonchev–Trinajstić information content (AvgIpc) is 3.16. The van der Waals surface area contributed by atoms with Crippen molar-refractivity contribution >= 4 is 0 Å². The minimum atomic E-state index is -1.61. The fourth-order valence-electron chi connectivity index (χ4n) is 13.8. The first-order valence-electron chi connectivity index (χ1n) is 21.1. The highest BCUT2D eigenvalue weighted by molar-refractivity contribution is 5.35. The second kappa shape index (κ2) is 15.2. The Morgan fingerprint density at radius 1 is 0.684 bits per heavy atom. The van der Waals surface area contributed by atoms with Crippen molar-refractivity contribution in [3.63, 3.8) is 0 Å². The summed E-state index contributed by atoms with van der Waals surface area (Å²) in [5, 5.41) is 118. The molecule has 7 rings (SSSR count). The van der Waals surface area contributed by atoms with Crippen LogP contribution in [0.3, 0.4) is 0 Å². The predicted molar refractivity (Wildman–Crippen MR) is 202 cm³/mol. The van der Waals surface area contributed by atoms with Crippen LogP contribution in [0.25, 0.3) is 0 Å². The van der Waals surface area contributed by atoms with Crippen molar-refractivity contribution in [1.82, 2.24) is 0 Å². The van der Waals surface area contributed by atoms with Crippen LogP contribution in [0.5, 0.6) is 0 Å². The van der Waals surface area contributed by atoms with Crippen molar-refractivity contribution < 1.29 is 75.1 Å². The molecular weight excluding hydrogens is 744 g/mol. The fraction of sp³-hybridized carbons (Fsp3) is 0.952. The summed E-state index contributed by atoms with van der Waals surface area (Å²) < 4.78 is 23.9. The van der Waals surface area contributed by atoms with Gasteiger partial charge in [0, 0.05) is 16.7 Å². The number of aliphatic hydroxyl groups excluding tert-OH is 11. The molecule has 0 radical (unpaired) electrons. The Hall–Kier alpha value is -0.860. The van der Waals surface area contributed by atoms with Gasteiger partial charge in [0.1, 0.15) is 48.8 Å². The molecule has 5 aliphatic carbocycles. The summed E-state index contributed by atoms with van der Waals surface area (Å²) in [4.78, 5) is 0. The molecule has 0 aromatic rings. The Morgan fingerprint density at radius 2 is 1.28 bits per heavy atom. The van der Waals surface area contributed by atoms with Crippen LogP contribution in [-0.4, -0.2) is 162 Å². The molecule has 0 aromatic carbocycles. The summed E-state index contributed by atoms with van der Waals surface area (Å²) in [6.07, 6.45) is -8.91. The van der Waals surface area contributed by atoms with Crippen LogP contribution < -0.4 is 0 Å². The monoisotopic (exact) mass is 814 g/mol. The van der Waals surface area contributed by atoms with Crippen LogP contribution in [-0.2, 0) is 18.9 Å². The molecular formula is C42H70O15. The summed E-state index contributed by atoms with van der Waals surface area (Å²) >= 11 is 0. The number of hydrogen-bond acceptors (Lipinski definition) is 15. The van der Waals surface area contributed by atoms with Crippen molar-refractivity contribution in [2.24, 2.45) is 50.2 Å². The SMILES string of the molecule is C[C@@]1(CO[C@@H]2O[C@H](CO)[C@@H](O)[C@H](O)[C@H]2O)CC[C@@]2(C)[C@H](C1)C1=CC[C@H]3[C@@]4(C)CC[C@H](O[C@@H]5O[C@H](CO)[C@@H](O)[C@H](O)[C@H]5O)[C@@](C)(CO)[C@H]4[C@H](O)C[C@@]3(C)[C@]1(C)C[C@@H]2O. The van der Waals surface area contributed by atoms with Gasteiger partial charge in [-0.15, -0.1) is 0 Å². The maximum Gasteiger partial charge on any atom is 0.186 e. The van der Waals surface area contributed by atoms with Crippen LogP contribution in [0.4, 0.5) is 0 Å². The van der Waals surface area contributed by atoms with Gasteiger partial charge in [-0.1, -0.05) is 53.2 Å². The summed E-state index contributed by atoms with van der Waals surface area (Å²) in [5.41, 5.74) is -1.94. The Morgan fingerprint density at radius 3 is 1.88 bits per heavy atom. The molecule has 7 aliphatic rings. The second-order valence-electron chi connectivity index (χ2n) is 20.8. The van der Waals surface area contributed by atoms with Gasteiger partial charge in [0.2, 0.25) is 0 Å². The van der Waals surface area contributed by atoms with E-state index >= 15 is 0 Å². The first-order valence-corrected chi connectivity index (χ1v) is 21.1. The molecule has 2 saturated heterocycles. The van der Waals surface area contributed by atoms with Crippen LogP contribution in [0.1, 0.15) is 92.9 Å². The number of rotatable bonds is 8. The molecule has 2 aliphatic heterocycles. The van der Waals surface area contributed by atoms with Crippen molar-refractivity contribution in [3.05, 3.63) is 11.6 Å². The highest BCUT2D eigenvalue weighted by Gasteiger charge is 2.72. The van der Waals surface area contributed by atoms with Gasteiger partial charge in [-0.25, -0.2) is 0 Å². The predicted octanol–water partition coefficient (Wildman–Crippen LogP) is -0.296. The molecule has 6 fully saturated rings. The number of allylic oxidation sites excluding steroid dienone is 2. The van der Waals surface area contributed by atoms with Crippen LogP contribution in [0.15, 0.2) is 11.6 Å². The Kier molecular flexibility index (Phi) is 11.8. The normalized spacial score (nSPS) is 57.8. The third kappa shape index (κ3) is 6.55. The molecule has 4 saturated carbocycles. The summed E-state index contributed by atoms with van der Waals surface area (Å²) in [6, 6.07) is 0. The quantitative estimate of drug-likeness (QED) is 0.111. The van der Waals surface area contributed by atoms with E-state index < -0.39 is 131 Å². The van der Waals surface area contributed by atoms with E-state index in [1.807, 2.05) is 6.92 Å². The third-order valence-corrected chi connectivity index (χ3v) is 17.6. The average molecular weight is 815 g/mol. The molecule has 0 amide bonds. The summed E-state index contributed by atoms with van der Waals surface area (Å²) in [7, 11) is 0. The highest BCUT2D eigenvalue weighted by Crippen LogP contribution is 2.76. The maximum absolute atomic E-state index is 12.5. The van der Waals surface area contributed by atoms with Crippen LogP contribution in [0, 0.1) is 50.2 Å². The lowest BCUT2D eigenvalue weighted by molar-refractivity contribution is -0.338. The van der Waals surface area contributed by atoms with Crippen molar-refractivity contribution in [1.29, 1.82) is 0 Å². The number of fused-ring (bicyclic) bond motifs is 7. The van der Waals surface area contributed by atoms with E-state index in [4.69, 9.17) is 18.9 Å². The molecule has 0 unspecified atom stereocenters. The number of hydrogen-bond donors (Lipinski definition) is 11. The number of aliphatic hydroxyl groups is 11. The molecule has 328 valence electrons. The van der Waals surface area contributed by atoms with E-state index in [2.05, 4.69) is 40.7 Å². The van der Waals surface area contributed by atoms with Crippen LogP contribution in [0.2, 0.25) is 0 Å². The van der Waals surface area contributed by atoms with Gasteiger partial charge in [0.05, 0.1) is 44.7 Å². The standard InChI is InChI=1S/C42H70O15/c1-37(19-54-35-32(52)30(50)28(48)23(16-43)55-35)11-12-38(2)21(13-37)20-7-8-25-39(3)10-9-27(57-36-33(53)31(51)29(49)24(17-44)56-36)40(4,18-45)34(39)22(46)14-42(25,6)41(20,5)15-26(38)47/h7,21-36,43-53H,8-19H2,1-6H3/t21-,22-,23-,24-,25+,26+,27+,28-,29-,30+,31+,32-,33-,34+,35-,36+,37-,38+,39-,40-,41-,42-/m1/s1. The van der Waals surface area contributed by atoms with E-state index in [1.54, 1.807) is 0 Å². The minimum absolute atomic E-state index is 0.0192. The molecule has 57 heavy (non-hydrogen) atoms. The van der Waals surface area contributed by atoms with Gasteiger partial charge in [0.15, 0.2) is 12.6 Å². The topological polar surface area (TPSA) is 259 Å². The van der Waals surface area contributed by atoms with E-state index in [0.717, 1.165) is 19.3 Å². The van der Waals surface area contributed by atoms with Gasteiger partial charge in [-0.05, 0) is 84.9 Å². The van der Waals surface area contributed by atoms with Gasteiger partial charge in [-0.2, -0.15) is 0 Å². The van der Waals surface area contributed by atoms with Crippen molar-refractivity contribution in [2.75, 3.05) is 26.4 Å². The molecule has 11 N–H and O–H groups in total. The van der Waals surface area contributed by atoms with Gasteiger partial charge >= 0.3 is 0 Å². The first kappa shape index (κ1) is 44.2. The Labute approximate surface area is 335 Å². The molecule has 0 bridgehead atoms. The van der Waals surface area contributed by atoms with Crippen molar-refractivity contribution in [2.45, 2.75) is 173 Å². The molecule has 15 nitrogen and oxygen atoms in total. The molecule has 15 heteroatoms. The largest absolute Gasteiger partial charge is 0.396 e. The fourth-order valence-corrected chi connectivity index (χ4v) is 13.8. The zero-order valence-corrected chi connectivity index (χ0v) is 34.4. The molecule has 0 spiro atoms. The number of ether oxygens (including phenoxy) is 4. The first-order chi connectivity index (χ1) is 26.6. The summed E-state index contributed by atoms with van der Waals surface area (Å²) in [5.74, 6) is -0.381. The van der Waals surface area contributed by atoms with Crippen molar-refractivity contribution in [3.8, 4) is 0 Å². The van der Waals surface area contributed by atoms with Gasteiger partial charge < -0.3 is 75.1 Å². The zero-order chi connectivity index (χ0) is 41.8. The van der Waals surface area contributed by atoms with E-state index in [1.165, 1.54) is 5.57 Å².